The lowest BCUT2D eigenvalue weighted by atomic mass is 9.95. The lowest BCUT2D eigenvalue weighted by Gasteiger charge is -2.29. The predicted molar refractivity (Wildman–Crippen MR) is 149 cm³/mol. The van der Waals surface area contributed by atoms with Crippen LogP contribution in [-0.4, -0.2) is 66.0 Å². The Morgan fingerprint density at radius 1 is 0.949 bits per heavy atom. The molecule has 0 aromatic heterocycles. The van der Waals surface area contributed by atoms with Crippen molar-refractivity contribution in [3.63, 3.8) is 0 Å². The molecule has 1 N–H and O–H groups in total. The molecule has 2 saturated heterocycles. The van der Waals surface area contributed by atoms with Crippen molar-refractivity contribution in [2.45, 2.75) is 26.0 Å². The van der Waals surface area contributed by atoms with Crippen molar-refractivity contribution >= 4 is 17.4 Å². The first-order chi connectivity index (χ1) is 19.0. The van der Waals surface area contributed by atoms with E-state index in [4.69, 9.17) is 9.47 Å². The summed E-state index contributed by atoms with van der Waals surface area (Å²) >= 11 is 0. The zero-order valence-corrected chi connectivity index (χ0v) is 22.2. The number of ketones is 1. The van der Waals surface area contributed by atoms with Gasteiger partial charge < -0.3 is 19.5 Å². The Labute approximate surface area is 229 Å². The molecule has 7 heteroatoms. The van der Waals surface area contributed by atoms with E-state index in [9.17, 15) is 14.7 Å². The van der Waals surface area contributed by atoms with Crippen LogP contribution in [0.15, 0.2) is 84.4 Å². The Morgan fingerprint density at radius 3 is 2.41 bits per heavy atom. The van der Waals surface area contributed by atoms with Gasteiger partial charge in [0.2, 0.25) is 0 Å². The van der Waals surface area contributed by atoms with Gasteiger partial charge in [0, 0.05) is 31.7 Å². The zero-order valence-electron chi connectivity index (χ0n) is 22.2. The smallest absolute Gasteiger partial charge is 0.295 e. The number of morpholine rings is 1. The highest BCUT2D eigenvalue weighted by Gasteiger charge is 2.45. The molecule has 202 valence electrons. The van der Waals surface area contributed by atoms with Gasteiger partial charge in [-0.05, 0) is 48.7 Å². The molecular formula is C32H34N2O5. The molecule has 0 unspecified atom stereocenters. The van der Waals surface area contributed by atoms with E-state index in [1.54, 1.807) is 29.2 Å². The number of likely N-dealkylation sites (tertiary alicyclic amines) is 1. The van der Waals surface area contributed by atoms with E-state index < -0.39 is 17.7 Å². The molecule has 0 radical (unpaired) electrons. The van der Waals surface area contributed by atoms with Crippen LogP contribution in [0.2, 0.25) is 0 Å². The molecule has 0 spiro atoms. The number of aliphatic hydroxyl groups is 1. The second kappa shape index (κ2) is 12.3. The summed E-state index contributed by atoms with van der Waals surface area (Å²) in [6.45, 7) is 6.86. The molecule has 2 fully saturated rings. The minimum absolute atomic E-state index is 0.117. The molecule has 3 aromatic carbocycles. The SMILES string of the molecule is Cc1cccc(COc2ccc(C(O)=C3C(=O)C(=O)N(CCCN4CCOCC4)[C@H]3c3ccccc3)cc2)c1. The molecule has 39 heavy (non-hydrogen) atoms. The molecule has 7 nitrogen and oxygen atoms in total. The van der Waals surface area contributed by atoms with Crippen LogP contribution in [0, 0.1) is 6.92 Å². The summed E-state index contributed by atoms with van der Waals surface area (Å²) in [5, 5.41) is 11.3. The van der Waals surface area contributed by atoms with Gasteiger partial charge in [-0.1, -0.05) is 60.2 Å². The fraction of sp³-hybridized carbons (Fsp3) is 0.312. The molecular weight excluding hydrogens is 492 g/mol. The minimum Gasteiger partial charge on any atom is -0.507 e. The molecule has 3 aromatic rings. The number of aryl methyl sites for hydroxylation is 1. The van der Waals surface area contributed by atoms with E-state index >= 15 is 0 Å². The van der Waals surface area contributed by atoms with Gasteiger partial charge in [-0.15, -0.1) is 0 Å². The van der Waals surface area contributed by atoms with Gasteiger partial charge in [0.1, 0.15) is 18.1 Å². The van der Waals surface area contributed by atoms with Gasteiger partial charge >= 0.3 is 0 Å². The van der Waals surface area contributed by atoms with E-state index in [1.807, 2.05) is 55.5 Å². The Hall–Kier alpha value is -3.94. The maximum atomic E-state index is 13.3. The van der Waals surface area contributed by atoms with Crippen LogP contribution in [0.1, 0.15) is 34.7 Å². The van der Waals surface area contributed by atoms with Crippen molar-refractivity contribution in [3.05, 3.63) is 107 Å². The van der Waals surface area contributed by atoms with E-state index in [2.05, 4.69) is 11.0 Å². The first-order valence-corrected chi connectivity index (χ1v) is 13.4. The molecule has 2 heterocycles. The fourth-order valence-corrected chi connectivity index (χ4v) is 5.22. The number of aliphatic hydroxyl groups excluding tert-OH is 1. The van der Waals surface area contributed by atoms with Crippen molar-refractivity contribution in [3.8, 4) is 5.75 Å². The lowest BCUT2D eigenvalue weighted by Crippen LogP contribution is -2.38. The van der Waals surface area contributed by atoms with Gasteiger partial charge in [0.15, 0.2) is 0 Å². The summed E-state index contributed by atoms with van der Waals surface area (Å²) in [6, 6.07) is 23.9. The summed E-state index contributed by atoms with van der Waals surface area (Å²) in [4.78, 5) is 30.4. The maximum Gasteiger partial charge on any atom is 0.295 e. The van der Waals surface area contributed by atoms with E-state index in [1.165, 1.54) is 5.56 Å². The topological polar surface area (TPSA) is 79.3 Å². The Morgan fingerprint density at radius 2 is 1.69 bits per heavy atom. The second-order valence-corrected chi connectivity index (χ2v) is 10.0. The molecule has 2 aliphatic heterocycles. The highest BCUT2D eigenvalue weighted by Crippen LogP contribution is 2.39. The van der Waals surface area contributed by atoms with Crippen LogP contribution in [0.5, 0.6) is 5.75 Å². The lowest BCUT2D eigenvalue weighted by molar-refractivity contribution is -0.140. The van der Waals surface area contributed by atoms with Crippen LogP contribution in [-0.2, 0) is 20.9 Å². The summed E-state index contributed by atoms with van der Waals surface area (Å²) in [7, 11) is 0. The Balaban J connectivity index is 1.36. The van der Waals surface area contributed by atoms with Gasteiger partial charge in [-0.3, -0.25) is 14.5 Å². The van der Waals surface area contributed by atoms with Crippen LogP contribution >= 0.6 is 0 Å². The monoisotopic (exact) mass is 526 g/mol. The molecule has 1 atom stereocenters. The third kappa shape index (κ3) is 6.21. The van der Waals surface area contributed by atoms with E-state index in [0.717, 1.165) is 37.2 Å². The first kappa shape index (κ1) is 26.7. The van der Waals surface area contributed by atoms with Crippen LogP contribution in [0.25, 0.3) is 5.76 Å². The number of amides is 1. The number of carbonyl (C=O) groups excluding carboxylic acids is 2. The Bertz CT molecular complexity index is 1330. The highest BCUT2D eigenvalue weighted by atomic mass is 16.5. The molecule has 5 rings (SSSR count). The van der Waals surface area contributed by atoms with E-state index in [0.29, 0.717) is 37.7 Å². The quantitative estimate of drug-likeness (QED) is 0.247. The highest BCUT2D eigenvalue weighted by molar-refractivity contribution is 6.46. The predicted octanol–water partition coefficient (Wildman–Crippen LogP) is 4.72. The minimum atomic E-state index is -0.660. The molecule has 0 aliphatic carbocycles. The van der Waals surface area contributed by atoms with Gasteiger partial charge in [-0.25, -0.2) is 0 Å². The van der Waals surface area contributed by atoms with Crippen LogP contribution in [0.3, 0.4) is 0 Å². The maximum absolute atomic E-state index is 13.3. The van der Waals surface area contributed by atoms with Crippen molar-refractivity contribution < 1.29 is 24.2 Å². The number of Topliss-reactive ketones (excluding diaryl/α,β-unsaturated/α-hetero) is 1. The average Bonchev–Trinajstić information content (AvgIpc) is 3.22. The number of hydrogen-bond donors (Lipinski definition) is 1. The Kier molecular flexibility index (Phi) is 8.39. The second-order valence-electron chi connectivity index (χ2n) is 10.0. The number of carbonyl (C=O) groups is 2. The summed E-state index contributed by atoms with van der Waals surface area (Å²) < 4.78 is 11.3. The van der Waals surface area contributed by atoms with Crippen molar-refractivity contribution in [1.82, 2.24) is 9.80 Å². The van der Waals surface area contributed by atoms with Crippen molar-refractivity contribution in [2.75, 3.05) is 39.4 Å². The van der Waals surface area contributed by atoms with Crippen LogP contribution < -0.4 is 4.74 Å². The summed E-state index contributed by atoms with van der Waals surface area (Å²) in [6.07, 6.45) is 0.726. The normalized spacial score (nSPS) is 19.4. The summed E-state index contributed by atoms with van der Waals surface area (Å²) in [5.74, 6) is -0.766. The van der Waals surface area contributed by atoms with Crippen molar-refractivity contribution in [2.24, 2.45) is 0 Å². The fourth-order valence-electron chi connectivity index (χ4n) is 5.22. The molecule has 2 aliphatic rings. The first-order valence-electron chi connectivity index (χ1n) is 13.4. The number of nitrogens with zero attached hydrogens (tertiary/aromatic N) is 2. The van der Waals surface area contributed by atoms with Gasteiger partial charge in [-0.2, -0.15) is 0 Å². The molecule has 0 saturated carbocycles. The molecule has 0 bridgehead atoms. The largest absolute Gasteiger partial charge is 0.507 e. The third-order valence-corrected chi connectivity index (χ3v) is 7.25. The average molecular weight is 527 g/mol. The van der Waals surface area contributed by atoms with E-state index in [-0.39, 0.29) is 11.3 Å². The third-order valence-electron chi connectivity index (χ3n) is 7.25. The summed E-state index contributed by atoms with van der Waals surface area (Å²) in [5.41, 5.74) is 3.61. The standard InChI is InChI=1S/C32H34N2O5/c1-23-7-5-8-24(21-23)22-39-27-13-11-26(12-14-27)30(35)28-29(25-9-3-2-4-10-25)34(32(37)31(28)36)16-6-15-33-17-19-38-20-18-33/h2-5,7-14,21,29,35H,6,15-20,22H2,1H3/t29-/m0/s1. The van der Waals surface area contributed by atoms with Crippen LogP contribution in [0.4, 0.5) is 0 Å². The number of ether oxygens (including phenoxy) is 2. The molecule has 1 amide bonds. The van der Waals surface area contributed by atoms with Crippen molar-refractivity contribution in [1.29, 1.82) is 0 Å². The zero-order chi connectivity index (χ0) is 27.2. The number of rotatable bonds is 9. The number of benzene rings is 3. The number of hydrogen-bond acceptors (Lipinski definition) is 6. The van der Waals surface area contributed by atoms with Gasteiger partial charge in [0.25, 0.3) is 11.7 Å². The van der Waals surface area contributed by atoms with Gasteiger partial charge in [0.05, 0.1) is 24.8 Å².